The van der Waals surface area contributed by atoms with Crippen molar-refractivity contribution in [1.29, 1.82) is 0 Å². The summed E-state index contributed by atoms with van der Waals surface area (Å²) in [5, 5.41) is 0. The van der Waals surface area contributed by atoms with Crippen molar-refractivity contribution in [2.75, 3.05) is 12.9 Å². The molecular formula is C6H7F3O4S. The highest BCUT2D eigenvalue weighted by Crippen LogP contribution is 2.25. The summed E-state index contributed by atoms with van der Waals surface area (Å²) >= 11 is 0. The van der Waals surface area contributed by atoms with E-state index >= 15 is 0 Å². The van der Waals surface area contributed by atoms with Crippen molar-refractivity contribution in [2.24, 2.45) is 0 Å². The molecule has 0 unspecified atom stereocenters. The van der Waals surface area contributed by atoms with Gasteiger partial charge in [0.25, 0.3) is 9.84 Å². The normalized spacial score (nSPS) is 12.3. The van der Waals surface area contributed by atoms with Gasteiger partial charge in [0.05, 0.1) is 12.9 Å². The first kappa shape index (κ1) is 12.9. The second-order valence-corrected chi connectivity index (χ2v) is 4.28. The third-order valence-corrected chi connectivity index (χ3v) is 2.62. The minimum atomic E-state index is -5.38. The van der Waals surface area contributed by atoms with E-state index in [-0.39, 0.29) is 0 Å². The lowest BCUT2D eigenvalue weighted by Gasteiger charge is -2.08. The third kappa shape index (κ3) is 3.02. The highest BCUT2D eigenvalue weighted by atomic mass is 32.2. The Balaban J connectivity index is 4.72. The molecule has 0 fully saturated rings. The van der Waals surface area contributed by atoms with Crippen LogP contribution in [-0.2, 0) is 19.4 Å². The van der Waals surface area contributed by atoms with E-state index in [2.05, 4.69) is 11.3 Å². The molecule has 0 bridgehead atoms. The molecule has 0 aromatic rings. The van der Waals surface area contributed by atoms with Gasteiger partial charge in [-0.2, -0.15) is 13.2 Å². The summed E-state index contributed by atoms with van der Waals surface area (Å²) < 4.78 is 60.3. The molecule has 0 amide bonds. The number of carbonyl (C=O) groups excluding carboxylic acids is 1. The van der Waals surface area contributed by atoms with Crippen LogP contribution in [0, 0.1) is 0 Å². The van der Waals surface area contributed by atoms with Crippen LogP contribution in [0.3, 0.4) is 0 Å². The van der Waals surface area contributed by atoms with Gasteiger partial charge < -0.3 is 4.74 Å². The number of hydrogen-bond acceptors (Lipinski definition) is 4. The van der Waals surface area contributed by atoms with Crippen LogP contribution in [0.15, 0.2) is 12.2 Å². The lowest BCUT2D eigenvalue weighted by Crippen LogP contribution is -2.28. The molecule has 0 spiro atoms. The molecule has 0 N–H and O–H groups in total. The number of hydrogen-bond donors (Lipinski definition) is 0. The fourth-order valence-electron chi connectivity index (χ4n) is 0.514. The maximum absolute atomic E-state index is 11.8. The molecule has 0 aliphatic heterocycles. The maximum atomic E-state index is 11.8. The van der Waals surface area contributed by atoms with Gasteiger partial charge >= 0.3 is 11.5 Å². The second kappa shape index (κ2) is 3.99. The van der Waals surface area contributed by atoms with Crippen molar-refractivity contribution in [1.82, 2.24) is 0 Å². The Kier molecular flexibility index (Phi) is 3.69. The number of esters is 1. The number of ether oxygens (including phenoxy) is 1. The number of methoxy groups -OCH3 is 1. The number of carbonyl (C=O) groups is 1. The van der Waals surface area contributed by atoms with Gasteiger partial charge in [0.2, 0.25) is 0 Å². The molecule has 0 aliphatic rings. The van der Waals surface area contributed by atoms with Gasteiger partial charge in [0.15, 0.2) is 0 Å². The highest BCUT2D eigenvalue weighted by molar-refractivity contribution is 7.92. The zero-order valence-electron chi connectivity index (χ0n) is 7.09. The molecule has 0 aliphatic carbocycles. The minimum absolute atomic E-state index is 0.759. The van der Waals surface area contributed by atoms with Gasteiger partial charge in [-0.3, -0.25) is 0 Å². The molecule has 0 saturated heterocycles. The fraction of sp³-hybridized carbons (Fsp3) is 0.500. The van der Waals surface area contributed by atoms with Gasteiger partial charge in [-0.1, -0.05) is 6.58 Å². The zero-order chi connectivity index (χ0) is 11.6. The Hall–Kier alpha value is -1.05. The molecule has 0 rings (SSSR count). The van der Waals surface area contributed by atoms with E-state index in [1.54, 1.807) is 0 Å². The topological polar surface area (TPSA) is 60.4 Å². The summed E-state index contributed by atoms with van der Waals surface area (Å²) in [6.07, 6.45) is 0. The first-order chi connectivity index (χ1) is 6.12. The summed E-state index contributed by atoms with van der Waals surface area (Å²) in [4.78, 5) is 10.6. The van der Waals surface area contributed by atoms with Crippen LogP contribution >= 0.6 is 0 Å². The number of halogens is 3. The van der Waals surface area contributed by atoms with E-state index in [9.17, 15) is 26.4 Å². The number of sulfone groups is 1. The lowest BCUT2D eigenvalue weighted by molar-refractivity contribution is -0.135. The van der Waals surface area contributed by atoms with Gasteiger partial charge in [0.1, 0.15) is 0 Å². The number of alkyl halides is 3. The van der Waals surface area contributed by atoms with Gasteiger partial charge in [0, 0.05) is 5.57 Å². The molecule has 14 heavy (non-hydrogen) atoms. The van der Waals surface area contributed by atoms with Crippen LogP contribution in [0.1, 0.15) is 0 Å². The van der Waals surface area contributed by atoms with Crippen LogP contribution in [0.5, 0.6) is 0 Å². The van der Waals surface area contributed by atoms with Crippen LogP contribution in [0.25, 0.3) is 0 Å². The van der Waals surface area contributed by atoms with Crippen LogP contribution in [-0.4, -0.2) is 32.8 Å². The van der Waals surface area contributed by atoms with Gasteiger partial charge in [-0.05, 0) is 0 Å². The van der Waals surface area contributed by atoms with E-state index in [1.807, 2.05) is 0 Å². The lowest BCUT2D eigenvalue weighted by atomic mass is 10.4. The Bertz CT molecular complexity index is 341. The van der Waals surface area contributed by atoms with Gasteiger partial charge in [-0.25, -0.2) is 13.2 Å². The van der Waals surface area contributed by atoms with Crippen molar-refractivity contribution in [2.45, 2.75) is 5.51 Å². The van der Waals surface area contributed by atoms with Crippen molar-refractivity contribution in [3.05, 3.63) is 12.2 Å². The van der Waals surface area contributed by atoms with Crippen molar-refractivity contribution < 1.29 is 31.1 Å². The first-order valence-corrected chi connectivity index (χ1v) is 4.82. The standard InChI is InChI=1S/C6H7F3O4S/c1-4(5(10)13-2)3-14(11,12)6(7,8)9/h1,3H2,2H3. The van der Waals surface area contributed by atoms with Crippen molar-refractivity contribution >= 4 is 15.8 Å². The molecule has 8 heteroatoms. The molecule has 82 valence electrons. The number of rotatable bonds is 3. The van der Waals surface area contributed by atoms with Crippen LogP contribution in [0.4, 0.5) is 13.2 Å². The van der Waals surface area contributed by atoms with E-state index < -0.39 is 32.6 Å². The molecule has 0 radical (unpaired) electrons. The zero-order valence-corrected chi connectivity index (χ0v) is 7.91. The summed E-state index contributed by atoms with van der Waals surface area (Å²) in [6.45, 7) is 2.87. The minimum Gasteiger partial charge on any atom is -0.466 e. The average molecular weight is 232 g/mol. The predicted molar refractivity (Wildman–Crippen MR) is 41.0 cm³/mol. The predicted octanol–water partition coefficient (Wildman–Crippen LogP) is 0.650. The molecule has 0 atom stereocenters. The van der Waals surface area contributed by atoms with Crippen LogP contribution < -0.4 is 0 Å². The Labute approximate surface area is 78.3 Å². The van der Waals surface area contributed by atoms with Gasteiger partial charge in [-0.15, -0.1) is 0 Å². The fourth-order valence-corrected chi connectivity index (χ4v) is 1.25. The summed E-state index contributed by atoms with van der Waals surface area (Å²) in [7, 11) is -4.44. The highest BCUT2D eigenvalue weighted by Gasteiger charge is 2.46. The Morgan fingerprint density at radius 1 is 1.43 bits per heavy atom. The molecule has 4 nitrogen and oxygen atoms in total. The summed E-state index contributed by atoms with van der Waals surface area (Å²) in [5.41, 5.74) is -6.14. The molecule has 0 heterocycles. The molecule has 0 aromatic carbocycles. The quantitative estimate of drug-likeness (QED) is 0.529. The third-order valence-electron chi connectivity index (χ3n) is 1.19. The maximum Gasteiger partial charge on any atom is 0.497 e. The summed E-state index contributed by atoms with van der Waals surface area (Å²) in [6, 6.07) is 0. The average Bonchev–Trinajstić information content (AvgIpc) is 2.00. The molecule has 0 saturated carbocycles. The largest absolute Gasteiger partial charge is 0.497 e. The van der Waals surface area contributed by atoms with E-state index in [0.717, 1.165) is 7.11 Å². The van der Waals surface area contributed by atoms with Crippen molar-refractivity contribution in [3.8, 4) is 0 Å². The Morgan fingerprint density at radius 3 is 2.14 bits per heavy atom. The van der Waals surface area contributed by atoms with Crippen molar-refractivity contribution in [3.63, 3.8) is 0 Å². The second-order valence-electron chi connectivity index (χ2n) is 2.30. The summed E-state index contributed by atoms with van der Waals surface area (Å²) in [5.74, 6) is -2.67. The monoisotopic (exact) mass is 232 g/mol. The smallest absolute Gasteiger partial charge is 0.466 e. The molecule has 0 aromatic heterocycles. The van der Waals surface area contributed by atoms with E-state index in [0.29, 0.717) is 0 Å². The SMILES string of the molecule is C=C(CS(=O)(=O)C(F)(F)F)C(=O)OC. The van der Waals surface area contributed by atoms with E-state index in [1.165, 1.54) is 0 Å². The Morgan fingerprint density at radius 2 is 1.86 bits per heavy atom. The van der Waals surface area contributed by atoms with E-state index in [4.69, 9.17) is 0 Å². The first-order valence-electron chi connectivity index (χ1n) is 3.17. The van der Waals surface area contributed by atoms with Crippen LogP contribution in [0.2, 0.25) is 0 Å². The molecular weight excluding hydrogens is 225 g/mol.